The Kier molecular flexibility index (Phi) is 5.93. The molecule has 1 aromatic heterocycles. The summed E-state index contributed by atoms with van der Waals surface area (Å²) >= 11 is 23.8. The van der Waals surface area contributed by atoms with Crippen LogP contribution in [-0.4, -0.2) is 15.0 Å². The van der Waals surface area contributed by atoms with Gasteiger partial charge in [-0.3, -0.25) is 9.48 Å². The van der Waals surface area contributed by atoms with Crippen LogP contribution in [0.4, 0.5) is 0 Å². The molecule has 0 spiro atoms. The van der Waals surface area contributed by atoms with Gasteiger partial charge in [-0.05, 0) is 66.4 Å². The summed E-state index contributed by atoms with van der Waals surface area (Å²) in [6.45, 7) is 2.48. The second kappa shape index (κ2) is 8.01. The van der Waals surface area contributed by atoms with E-state index in [1.54, 1.807) is 16.8 Å². The molecule has 2 aromatic carbocycles. The highest BCUT2D eigenvalue weighted by atomic mass is 35.5. The summed E-state index contributed by atoms with van der Waals surface area (Å²) in [5.41, 5.74) is 3.89. The maximum absolute atomic E-state index is 11.6. The molecule has 0 fully saturated rings. The first-order valence-electron chi connectivity index (χ1n) is 7.83. The van der Waals surface area contributed by atoms with E-state index in [4.69, 9.17) is 46.4 Å². The van der Waals surface area contributed by atoms with E-state index in [2.05, 4.69) is 5.10 Å². The second-order valence-corrected chi connectivity index (χ2v) is 7.44. The van der Waals surface area contributed by atoms with E-state index < -0.39 is 5.24 Å². The molecule has 26 heavy (non-hydrogen) atoms. The molecule has 0 atom stereocenters. The minimum atomic E-state index is -0.592. The molecule has 0 unspecified atom stereocenters. The Morgan fingerprint density at radius 2 is 1.73 bits per heavy atom. The van der Waals surface area contributed by atoms with Gasteiger partial charge in [0.1, 0.15) is 5.69 Å². The van der Waals surface area contributed by atoms with Gasteiger partial charge in [-0.2, -0.15) is 5.10 Å². The van der Waals surface area contributed by atoms with Crippen molar-refractivity contribution in [2.24, 2.45) is 0 Å². The van der Waals surface area contributed by atoms with Crippen molar-refractivity contribution in [2.75, 3.05) is 0 Å². The van der Waals surface area contributed by atoms with Gasteiger partial charge in [0, 0.05) is 17.1 Å². The Labute approximate surface area is 171 Å². The maximum atomic E-state index is 11.6. The SMILES string of the molecule is Cc1cc(-c2cc(C(=O)Cl)nn2CCc2ccc(Cl)c(Cl)c2)ccc1Cl. The van der Waals surface area contributed by atoms with Crippen LogP contribution in [0.1, 0.15) is 21.6 Å². The molecule has 3 nitrogen and oxygen atoms in total. The van der Waals surface area contributed by atoms with Crippen LogP contribution >= 0.6 is 46.4 Å². The van der Waals surface area contributed by atoms with Crippen molar-refractivity contribution in [3.8, 4) is 11.3 Å². The quantitative estimate of drug-likeness (QED) is 0.439. The molecule has 0 bridgehead atoms. The molecular weight excluding hydrogens is 414 g/mol. The molecule has 0 radical (unpaired) electrons. The fourth-order valence-electron chi connectivity index (χ4n) is 2.65. The number of hydrogen-bond donors (Lipinski definition) is 0. The molecule has 3 rings (SSSR count). The van der Waals surface area contributed by atoms with Crippen molar-refractivity contribution in [1.82, 2.24) is 9.78 Å². The maximum Gasteiger partial charge on any atom is 0.272 e. The van der Waals surface area contributed by atoms with Crippen molar-refractivity contribution in [3.63, 3.8) is 0 Å². The highest BCUT2D eigenvalue weighted by Gasteiger charge is 2.15. The lowest BCUT2D eigenvalue weighted by Gasteiger charge is -2.09. The van der Waals surface area contributed by atoms with E-state index in [1.807, 2.05) is 37.3 Å². The van der Waals surface area contributed by atoms with Crippen LogP contribution in [0.5, 0.6) is 0 Å². The molecule has 0 aliphatic heterocycles. The number of hydrogen-bond acceptors (Lipinski definition) is 2. The Balaban J connectivity index is 1.93. The molecule has 0 saturated carbocycles. The van der Waals surface area contributed by atoms with Crippen molar-refractivity contribution < 1.29 is 4.79 Å². The summed E-state index contributed by atoms with van der Waals surface area (Å²) in [6, 6.07) is 12.9. The van der Waals surface area contributed by atoms with Gasteiger partial charge in [0.25, 0.3) is 5.24 Å². The van der Waals surface area contributed by atoms with E-state index in [-0.39, 0.29) is 5.69 Å². The third-order valence-corrected chi connectivity index (χ3v) is 5.39. The van der Waals surface area contributed by atoms with Gasteiger partial charge < -0.3 is 0 Å². The predicted octanol–water partition coefficient (Wildman–Crippen LogP) is 6.44. The smallest absolute Gasteiger partial charge is 0.272 e. The summed E-state index contributed by atoms with van der Waals surface area (Å²) in [7, 11) is 0. The zero-order chi connectivity index (χ0) is 18.8. The number of aromatic nitrogens is 2. The number of aryl methyl sites for hydroxylation is 3. The Hall–Kier alpha value is -1.52. The van der Waals surface area contributed by atoms with E-state index in [0.717, 1.165) is 22.4 Å². The zero-order valence-electron chi connectivity index (χ0n) is 13.8. The van der Waals surface area contributed by atoms with E-state index >= 15 is 0 Å². The van der Waals surface area contributed by atoms with Crippen molar-refractivity contribution in [1.29, 1.82) is 0 Å². The third-order valence-electron chi connectivity index (χ3n) is 4.03. The van der Waals surface area contributed by atoms with Gasteiger partial charge in [-0.1, -0.05) is 46.9 Å². The average molecular weight is 428 g/mol. The van der Waals surface area contributed by atoms with E-state index in [0.29, 0.717) is 28.0 Å². The summed E-state index contributed by atoms with van der Waals surface area (Å²) < 4.78 is 1.76. The highest BCUT2D eigenvalue weighted by molar-refractivity contribution is 6.67. The third kappa shape index (κ3) is 4.24. The number of carbonyl (C=O) groups excluding carboxylic acids is 1. The van der Waals surface area contributed by atoms with Crippen LogP contribution in [0.3, 0.4) is 0 Å². The van der Waals surface area contributed by atoms with Crippen LogP contribution < -0.4 is 0 Å². The van der Waals surface area contributed by atoms with Gasteiger partial charge in [0.05, 0.1) is 15.7 Å². The standard InChI is InChI=1S/C19H14Cl4N2O/c1-11-8-13(3-5-14(11)20)18-10-17(19(23)26)24-25(18)7-6-12-2-4-15(21)16(22)9-12/h2-5,8-10H,6-7H2,1H3. The topological polar surface area (TPSA) is 34.9 Å². The molecule has 7 heteroatoms. The molecule has 0 aliphatic carbocycles. The Morgan fingerprint density at radius 3 is 2.38 bits per heavy atom. The normalized spacial score (nSPS) is 11.0. The first kappa shape index (κ1) is 19.2. The first-order valence-corrected chi connectivity index (χ1v) is 9.34. The van der Waals surface area contributed by atoms with E-state index in [9.17, 15) is 4.79 Å². The fourth-order valence-corrected chi connectivity index (χ4v) is 3.18. The zero-order valence-corrected chi connectivity index (χ0v) is 16.8. The fraction of sp³-hybridized carbons (Fsp3) is 0.158. The van der Waals surface area contributed by atoms with Crippen LogP contribution in [0.15, 0.2) is 42.5 Å². The molecular formula is C19H14Cl4N2O. The van der Waals surface area contributed by atoms with Gasteiger partial charge in [-0.15, -0.1) is 0 Å². The molecule has 0 N–H and O–H groups in total. The minimum Gasteiger partial charge on any atom is -0.274 e. The molecule has 0 aliphatic rings. The van der Waals surface area contributed by atoms with Gasteiger partial charge in [0.2, 0.25) is 0 Å². The van der Waals surface area contributed by atoms with Crippen LogP contribution in [-0.2, 0) is 13.0 Å². The molecule has 1 heterocycles. The molecule has 0 amide bonds. The molecule has 134 valence electrons. The van der Waals surface area contributed by atoms with Crippen LogP contribution in [0.25, 0.3) is 11.3 Å². The van der Waals surface area contributed by atoms with Crippen molar-refractivity contribution in [2.45, 2.75) is 19.9 Å². The number of rotatable bonds is 5. The predicted molar refractivity (Wildman–Crippen MR) is 108 cm³/mol. The highest BCUT2D eigenvalue weighted by Crippen LogP contribution is 2.27. The van der Waals surface area contributed by atoms with Crippen molar-refractivity contribution in [3.05, 3.63) is 74.4 Å². The van der Waals surface area contributed by atoms with Gasteiger partial charge in [0.15, 0.2) is 0 Å². The lowest BCUT2D eigenvalue weighted by Crippen LogP contribution is -2.06. The largest absolute Gasteiger partial charge is 0.274 e. The van der Waals surface area contributed by atoms with Crippen LogP contribution in [0, 0.1) is 6.92 Å². The summed E-state index contributed by atoms with van der Waals surface area (Å²) in [5.74, 6) is 0. The monoisotopic (exact) mass is 426 g/mol. The second-order valence-electron chi connectivity index (χ2n) is 5.87. The summed E-state index contributed by atoms with van der Waals surface area (Å²) in [5, 5.41) is 5.45. The van der Waals surface area contributed by atoms with E-state index in [1.165, 1.54) is 0 Å². The lowest BCUT2D eigenvalue weighted by molar-refractivity contribution is 0.107. The van der Waals surface area contributed by atoms with Gasteiger partial charge in [-0.25, -0.2) is 0 Å². The average Bonchev–Trinajstić information content (AvgIpc) is 3.03. The number of benzene rings is 2. The Bertz CT molecular complexity index is 982. The number of halogens is 4. The first-order chi connectivity index (χ1) is 12.3. The molecule has 0 saturated heterocycles. The summed E-state index contributed by atoms with van der Waals surface area (Å²) in [4.78, 5) is 11.6. The van der Waals surface area contributed by atoms with Gasteiger partial charge >= 0.3 is 0 Å². The van der Waals surface area contributed by atoms with Crippen molar-refractivity contribution >= 4 is 51.6 Å². The number of carbonyl (C=O) groups is 1. The number of nitrogens with zero attached hydrogens (tertiary/aromatic N) is 2. The van der Waals surface area contributed by atoms with Crippen LogP contribution in [0.2, 0.25) is 15.1 Å². The minimum absolute atomic E-state index is 0.211. The molecule has 3 aromatic rings. The summed E-state index contributed by atoms with van der Waals surface area (Å²) in [6.07, 6.45) is 0.675. The lowest BCUT2D eigenvalue weighted by atomic mass is 10.1. The Morgan fingerprint density at radius 1 is 1.00 bits per heavy atom.